The lowest BCUT2D eigenvalue weighted by molar-refractivity contribution is 0.168. The molecule has 0 saturated heterocycles. The van der Waals surface area contributed by atoms with Crippen molar-refractivity contribution >= 4 is 48.1 Å². The normalized spacial score (nSPS) is 12.3. The van der Waals surface area contributed by atoms with E-state index in [-0.39, 0.29) is 26.2 Å². The zero-order chi connectivity index (χ0) is 26.5. The molecule has 5 aromatic rings. The second kappa shape index (κ2) is 8.71. The summed E-state index contributed by atoms with van der Waals surface area (Å²) in [5.41, 5.74) is 1.71. The number of rotatable bonds is 6. The Morgan fingerprint density at radius 2 is 1.78 bits per heavy atom. The number of aromatic nitrogens is 2. The number of fused-ring (bicyclic) bond motifs is 2. The molecule has 0 fully saturated rings. The molecule has 5 rings (SSSR count). The largest absolute Gasteiger partial charge is 0.464 e. The third kappa shape index (κ3) is 4.42. The first kappa shape index (κ1) is 24.5. The fraction of sp³-hybridized carbons (Fsp3) is 0.0833. The second-order valence-corrected chi connectivity index (χ2v) is 11.9. The molecule has 0 aliphatic rings. The van der Waals surface area contributed by atoms with E-state index < -0.39 is 38.5 Å². The molecule has 10 nitrogen and oxygen atoms in total. The molecule has 190 valence electrons. The maximum atomic E-state index is 14.2. The summed E-state index contributed by atoms with van der Waals surface area (Å²) in [6.45, 7) is -0.619. The number of benzene rings is 3. The molecular formula is C24H18FN3O7S2. The van der Waals surface area contributed by atoms with Gasteiger partial charge in [0, 0.05) is 17.1 Å². The highest BCUT2D eigenvalue weighted by atomic mass is 32.2. The van der Waals surface area contributed by atoms with E-state index in [0.29, 0.717) is 22.0 Å². The van der Waals surface area contributed by atoms with Crippen LogP contribution in [-0.4, -0.2) is 47.6 Å². The Morgan fingerprint density at radius 3 is 2.46 bits per heavy atom. The van der Waals surface area contributed by atoms with Crippen molar-refractivity contribution in [3.05, 3.63) is 84.6 Å². The summed E-state index contributed by atoms with van der Waals surface area (Å²) in [7, 11) is -8.12. The Bertz CT molecular complexity index is 1900. The molecule has 0 unspecified atom stereocenters. The molecule has 0 aliphatic carbocycles. The lowest BCUT2D eigenvalue weighted by Crippen LogP contribution is -2.34. The number of carbonyl (C=O) groups is 1. The molecule has 0 saturated carbocycles. The van der Waals surface area contributed by atoms with Crippen LogP contribution in [0.1, 0.15) is 5.89 Å². The van der Waals surface area contributed by atoms with E-state index in [1.165, 1.54) is 30.5 Å². The van der Waals surface area contributed by atoms with Crippen LogP contribution in [0.15, 0.2) is 82.2 Å². The fourth-order valence-electron chi connectivity index (χ4n) is 3.97. The van der Waals surface area contributed by atoms with Crippen molar-refractivity contribution in [3.8, 4) is 11.1 Å². The molecule has 2 aromatic heterocycles. The van der Waals surface area contributed by atoms with Crippen molar-refractivity contribution < 1.29 is 35.5 Å². The van der Waals surface area contributed by atoms with Crippen molar-refractivity contribution in [3.63, 3.8) is 0 Å². The Hall–Kier alpha value is -4.23. The summed E-state index contributed by atoms with van der Waals surface area (Å²) in [4.78, 5) is 15.6. The van der Waals surface area contributed by atoms with E-state index >= 15 is 0 Å². The van der Waals surface area contributed by atoms with Gasteiger partial charge in [-0.3, -0.25) is 0 Å². The van der Waals surface area contributed by atoms with Crippen LogP contribution in [0.3, 0.4) is 0 Å². The van der Waals surface area contributed by atoms with Gasteiger partial charge in [0.15, 0.2) is 5.58 Å². The lowest BCUT2D eigenvalue weighted by Gasteiger charge is -2.13. The fourth-order valence-corrected chi connectivity index (χ4v) is 5.98. The van der Waals surface area contributed by atoms with Crippen LogP contribution in [0.4, 0.5) is 9.18 Å². The molecule has 13 heteroatoms. The Morgan fingerprint density at radius 1 is 1.05 bits per heavy atom. The predicted octanol–water partition coefficient (Wildman–Crippen LogP) is 4.27. The quantitative estimate of drug-likeness (QED) is 0.335. The number of carboxylic acid groups (broad SMARTS) is 1. The van der Waals surface area contributed by atoms with Gasteiger partial charge in [-0.05, 0) is 48.0 Å². The number of amides is 1. The van der Waals surface area contributed by atoms with Gasteiger partial charge in [0.1, 0.15) is 17.9 Å². The van der Waals surface area contributed by atoms with Crippen molar-refractivity contribution in [1.82, 2.24) is 13.3 Å². The minimum Gasteiger partial charge on any atom is -0.464 e. The number of halogens is 1. The van der Waals surface area contributed by atoms with E-state index in [9.17, 15) is 31.1 Å². The van der Waals surface area contributed by atoms with Crippen LogP contribution in [0, 0.1) is 5.82 Å². The lowest BCUT2D eigenvalue weighted by atomic mass is 10.0. The highest BCUT2D eigenvalue weighted by Crippen LogP contribution is 2.35. The topological polar surface area (TPSA) is 140 Å². The molecule has 0 radical (unpaired) electrons. The van der Waals surface area contributed by atoms with Gasteiger partial charge >= 0.3 is 6.09 Å². The number of nitrogens with zero attached hydrogens (tertiary/aromatic N) is 3. The van der Waals surface area contributed by atoms with Crippen LogP contribution in [0.25, 0.3) is 33.1 Å². The highest BCUT2D eigenvalue weighted by Gasteiger charge is 2.26. The first-order chi connectivity index (χ1) is 17.4. The maximum Gasteiger partial charge on any atom is 0.421 e. The van der Waals surface area contributed by atoms with Crippen LogP contribution >= 0.6 is 0 Å². The van der Waals surface area contributed by atoms with E-state index in [1.807, 2.05) is 0 Å². The summed E-state index contributed by atoms with van der Waals surface area (Å²) in [6, 6.07) is 16.4. The molecule has 0 spiro atoms. The summed E-state index contributed by atoms with van der Waals surface area (Å²) in [5, 5.41) is 9.68. The van der Waals surface area contributed by atoms with Gasteiger partial charge in [0.25, 0.3) is 10.0 Å². The molecular weight excluding hydrogens is 525 g/mol. The second-order valence-electron chi connectivity index (χ2n) is 8.16. The standard InChI is InChI=1S/C24H18FN3O7S2/c1-36(31,32)28(24(29)30)14-23-26-20-11-15(7-10-22(20)35-23)19-13-27(21-12-16(25)8-9-18(19)21)37(33,34)17-5-3-2-4-6-17/h2-13H,14H2,1H3,(H,29,30). The van der Waals surface area contributed by atoms with Crippen LogP contribution in [0.5, 0.6) is 0 Å². The van der Waals surface area contributed by atoms with Crippen molar-refractivity contribution in [2.75, 3.05) is 6.26 Å². The zero-order valence-corrected chi connectivity index (χ0v) is 20.7. The van der Waals surface area contributed by atoms with Crippen LogP contribution < -0.4 is 0 Å². The number of oxazole rings is 1. The van der Waals surface area contributed by atoms with E-state index in [4.69, 9.17) is 4.42 Å². The smallest absolute Gasteiger partial charge is 0.421 e. The minimum atomic E-state index is -4.07. The highest BCUT2D eigenvalue weighted by molar-refractivity contribution is 7.90. The van der Waals surface area contributed by atoms with Crippen molar-refractivity contribution in [2.45, 2.75) is 11.4 Å². The minimum absolute atomic E-state index is 0.0353. The van der Waals surface area contributed by atoms with Gasteiger partial charge in [-0.15, -0.1) is 0 Å². The van der Waals surface area contributed by atoms with Gasteiger partial charge < -0.3 is 9.52 Å². The molecule has 1 N–H and O–H groups in total. The Balaban J connectivity index is 1.63. The molecule has 1 amide bonds. The molecule has 37 heavy (non-hydrogen) atoms. The monoisotopic (exact) mass is 543 g/mol. The van der Waals surface area contributed by atoms with Crippen molar-refractivity contribution in [2.24, 2.45) is 0 Å². The van der Waals surface area contributed by atoms with Gasteiger partial charge in [-0.25, -0.2) is 35.0 Å². The SMILES string of the molecule is CS(=O)(=O)N(Cc1nc2cc(-c3cn(S(=O)(=O)c4ccccc4)c4cc(F)ccc34)ccc2o1)C(=O)O. The van der Waals surface area contributed by atoms with Gasteiger partial charge in [-0.2, -0.15) is 4.31 Å². The summed E-state index contributed by atoms with van der Waals surface area (Å²) < 4.78 is 71.2. The van der Waals surface area contributed by atoms with E-state index in [0.717, 1.165) is 16.3 Å². The van der Waals surface area contributed by atoms with Gasteiger partial charge in [0.05, 0.1) is 16.7 Å². The van der Waals surface area contributed by atoms with E-state index in [1.54, 1.807) is 36.4 Å². The Kier molecular flexibility index (Phi) is 5.76. The average Bonchev–Trinajstić information content (AvgIpc) is 3.42. The summed E-state index contributed by atoms with van der Waals surface area (Å²) in [6.07, 6.45) is 0.471. The predicted molar refractivity (Wildman–Crippen MR) is 132 cm³/mol. The third-order valence-electron chi connectivity index (χ3n) is 5.67. The molecule has 3 aromatic carbocycles. The number of hydrogen-bond acceptors (Lipinski definition) is 7. The summed E-state index contributed by atoms with van der Waals surface area (Å²) >= 11 is 0. The Labute approximate surface area is 210 Å². The maximum absolute atomic E-state index is 14.2. The first-order valence-electron chi connectivity index (χ1n) is 10.7. The van der Waals surface area contributed by atoms with Gasteiger partial charge in [0.2, 0.25) is 15.9 Å². The molecule has 0 bridgehead atoms. The number of sulfonamides is 1. The van der Waals surface area contributed by atoms with E-state index in [2.05, 4.69) is 4.98 Å². The first-order valence-corrected chi connectivity index (χ1v) is 14.0. The summed E-state index contributed by atoms with van der Waals surface area (Å²) in [5.74, 6) is -0.747. The zero-order valence-electron chi connectivity index (χ0n) is 19.1. The molecule has 2 heterocycles. The number of hydrogen-bond donors (Lipinski definition) is 1. The van der Waals surface area contributed by atoms with Gasteiger partial charge in [-0.1, -0.05) is 24.3 Å². The van der Waals surface area contributed by atoms with Crippen molar-refractivity contribution in [1.29, 1.82) is 0 Å². The molecule has 0 aliphatic heterocycles. The molecule has 0 atom stereocenters. The average molecular weight is 544 g/mol. The van der Waals surface area contributed by atoms with Crippen LogP contribution in [-0.2, 0) is 26.6 Å². The van der Waals surface area contributed by atoms with Crippen LogP contribution in [0.2, 0.25) is 0 Å². The third-order valence-corrected chi connectivity index (χ3v) is 8.44.